The molecule has 0 unspecified atom stereocenters. The van der Waals surface area contributed by atoms with Crippen molar-refractivity contribution < 1.29 is 4.79 Å². The second-order valence-corrected chi connectivity index (χ2v) is 6.49. The molecule has 0 bridgehead atoms. The summed E-state index contributed by atoms with van der Waals surface area (Å²) >= 11 is 12.0. The fraction of sp³-hybridized carbons (Fsp3) is 0.278. The molecule has 120 valence electrons. The van der Waals surface area contributed by atoms with Crippen LogP contribution in [-0.2, 0) is 0 Å². The summed E-state index contributed by atoms with van der Waals surface area (Å²) in [4.78, 5) is 14.8. The molecule has 1 fully saturated rings. The van der Waals surface area contributed by atoms with Gasteiger partial charge >= 0.3 is 0 Å². The SMILES string of the molecule is O=C(Nc1ccccc1N1CCCCC1)c1ccc(Cl)cc1Cl. The van der Waals surface area contributed by atoms with Crippen LogP contribution in [0.25, 0.3) is 0 Å². The zero-order valence-corrected chi connectivity index (χ0v) is 14.2. The van der Waals surface area contributed by atoms with Gasteiger partial charge in [-0.05, 0) is 49.6 Å². The van der Waals surface area contributed by atoms with E-state index < -0.39 is 0 Å². The van der Waals surface area contributed by atoms with Crippen LogP contribution in [0, 0.1) is 0 Å². The van der Waals surface area contributed by atoms with Crippen molar-refractivity contribution in [2.45, 2.75) is 19.3 Å². The molecule has 0 spiro atoms. The Morgan fingerprint density at radius 2 is 1.74 bits per heavy atom. The van der Waals surface area contributed by atoms with Gasteiger partial charge in [-0.15, -0.1) is 0 Å². The normalized spacial score (nSPS) is 14.6. The first-order chi connectivity index (χ1) is 11.1. The molecular weight excluding hydrogens is 331 g/mol. The zero-order valence-electron chi connectivity index (χ0n) is 12.7. The number of carbonyl (C=O) groups excluding carboxylic acids is 1. The molecule has 3 nitrogen and oxygen atoms in total. The highest BCUT2D eigenvalue weighted by atomic mass is 35.5. The average molecular weight is 349 g/mol. The van der Waals surface area contributed by atoms with Gasteiger partial charge in [0.1, 0.15) is 0 Å². The Morgan fingerprint density at radius 3 is 2.48 bits per heavy atom. The van der Waals surface area contributed by atoms with Crippen LogP contribution in [0.5, 0.6) is 0 Å². The maximum Gasteiger partial charge on any atom is 0.257 e. The van der Waals surface area contributed by atoms with Crippen LogP contribution in [-0.4, -0.2) is 19.0 Å². The minimum absolute atomic E-state index is 0.226. The van der Waals surface area contributed by atoms with E-state index in [0.717, 1.165) is 24.5 Å². The molecule has 0 radical (unpaired) electrons. The summed E-state index contributed by atoms with van der Waals surface area (Å²) in [7, 11) is 0. The van der Waals surface area contributed by atoms with E-state index in [9.17, 15) is 4.79 Å². The number of para-hydroxylation sites is 2. The van der Waals surface area contributed by atoms with Crippen molar-refractivity contribution in [2.24, 2.45) is 0 Å². The van der Waals surface area contributed by atoms with E-state index in [1.165, 1.54) is 19.3 Å². The van der Waals surface area contributed by atoms with Gasteiger partial charge in [-0.1, -0.05) is 35.3 Å². The second-order valence-electron chi connectivity index (χ2n) is 5.64. The van der Waals surface area contributed by atoms with E-state index in [2.05, 4.69) is 10.2 Å². The zero-order chi connectivity index (χ0) is 16.2. The van der Waals surface area contributed by atoms with Crippen molar-refractivity contribution in [3.63, 3.8) is 0 Å². The lowest BCUT2D eigenvalue weighted by atomic mass is 10.1. The molecule has 23 heavy (non-hydrogen) atoms. The minimum atomic E-state index is -0.226. The molecule has 1 heterocycles. The Balaban J connectivity index is 1.83. The maximum absolute atomic E-state index is 12.5. The molecule has 2 aromatic rings. The Kier molecular flexibility index (Phi) is 5.09. The second kappa shape index (κ2) is 7.24. The van der Waals surface area contributed by atoms with E-state index in [4.69, 9.17) is 23.2 Å². The van der Waals surface area contributed by atoms with E-state index in [1.54, 1.807) is 18.2 Å². The number of hydrogen-bond acceptors (Lipinski definition) is 2. The molecule has 0 aromatic heterocycles. The van der Waals surface area contributed by atoms with Gasteiger partial charge in [-0.2, -0.15) is 0 Å². The van der Waals surface area contributed by atoms with Crippen molar-refractivity contribution in [1.29, 1.82) is 0 Å². The lowest BCUT2D eigenvalue weighted by molar-refractivity contribution is 0.102. The summed E-state index contributed by atoms with van der Waals surface area (Å²) in [6.45, 7) is 2.04. The molecule has 0 atom stereocenters. The highest BCUT2D eigenvalue weighted by Crippen LogP contribution is 2.29. The Hall–Kier alpha value is -1.71. The molecule has 0 saturated carbocycles. The highest BCUT2D eigenvalue weighted by molar-refractivity contribution is 6.37. The Morgan fingerprint density at radius 1 is 1.00 bits per heavy atom. The quantitative estimate of drug-likeness (QED) is 0.822. The van der Waals surface area contributed by atoms with Gasteiger partial charge < -0.3 is 10.2 Å². The lowest BCUT2D eigenvalue weighted by Crippen LogP contribution is -2.30. The highest BCUT2D eigenvalue weighted by Gasteiger charge is 2.17. The van der Waals surface area contributed by atoms with Crippen molar-refractivity contribution in [3.05, 3.63) is 58.1 Å². The third kappa shape index (κ3) is 3.80. The van der Waals surface area contributed by atoms with Gasteiger partial charge in [0.25, 0.3) is 5.91 Å². The Bertz CT molecular complexity index is 712. The number of nitrogens with zero attached hydrogens (tertiary/aromatic N) is 1. The molecule has 2 aromatic carbocycles. The van der Waals surface area contributed by atoms with Crippen molar-refractivity contribution >= 4 is 40.5 Å². The largest absolute Gasteiger partial charge is 0.370 e. The van der Waals surface area contributed by atoms with Crippen LogP contribution >= 0.6 is 23.2 Å². The van der Waals surface area contributed by atoms with Gasteiger partial charge in [0.2, 0.25) is 0 Å². The van der Waals surface area contributed by atoms with Gasteiger partial charge in [0.05, 0.1) is 22.0 Å². The first-order valence-electron chi connectivity index (χ1n) is 7.75. The van der Waals surface area contributed by atoms with E-state index in [0.29, 0.717) is 15.6 Å². The fourth-order valence-corrected chi connectivity index (χ4v) is 3.35. The van der Waals surface area contributed by atoms with Crippen LogP contribution in [0.3, 0.4) is 0 Å². The van der Waals surface area contributed by atoms with Crippen molar-refractivity contribution in [1.82, 2.24) is 0 Å². The Labute approximate surface area is 146 Å². The van der Waals surface area contributed by atoms with Crippen LogP contribution < -0.4 is 10.2 Å². The predicted molar refractivity (Wildman–Crippen MR) is 96.9 cm³/mol. The summed E-state index contributed by atoms with van der Waals surface area (Å²) in [6, 6.07) is 12.8. The number of anilines is 2. The summed E-state index contributed by atoms with van der Waals surface area (Å²) in [5.41, 5.74) is 2.29. The van der Waals surface area contributed by atoms with E-state index in [1.807, 2.05) is 24.3 Å². The first-order valence-corrected chi connectivity index (χ1v) is 8.51. The van der Waals surface area contributed by atoms with Crippen LogP contribution in [0.15, 0.2) is 42.5 Å². The number of nitrogens with one attached hydrogen (secondary N) is 1. The van der Waals surface area contributed by atoms with Crippen molar-refractivity contribution in [2.75, 3.05) is 23.3 Å². The molecule has 1 aliphatic heterocycles. The monoisotopic (exact) mass is 348 g/mol. The molecular formula is C18H18Cl2N2O. The number of amides is 1. The maximum atomic E-state index is 12.5. The van der Waals surface area contributed by atoms with E-state index in [-0.39, 0.29) is 5.91 Å². The molecule has 1 amide bonds. The minimum Gasteiger partial charge on any atom is -0.370 e. The third-order valence-corrected chi connectivity index (χ3v) is 4.57. The predicted octanol–water partition coefficient (Wildman–Crippen LogP) is 5.24. The topological polar surface area (TPSA) is 32.3 Å². The molecule has 1 aliphatic rings. The molecule has 1 N–H and O–H groups in total. The molecule has 3 rings (SSSR count). The van der Waals surface area contributed by atoms with Crippen LogP contribution in [0.4, 0.5) is 11.4 Å². The van der Waals surface area contributed by atoms with Crippen molar-refractivity contribution in [3.8, 4) is 0 Å². The van der Waals surface area contributed by atoms with Gasteiger partial charge in [-0.3, -0.25) is 4.79 Å². The summed E-state index contributed by atoms with van der Waals surface area (Å²) in [5.74, 6) is -0.226. The number of hydrogen-bond donors (Lipinski definition) is 1. The van der Waals surface area contributed by atoms with Gasteiger partial charge in [0.15, 0.2) is 0 Å². The number of piperidine rings is 1. The number of halogens is 2. The fourth-order valence-electron chi connectivity index (χ4n) is 2.85. The standard InChI is InChI=1S/C18H18Cl2N2O/c19-13-8-9-14(15(20)12-13)18(23)21-16-6-2-3-7-17(16)22-10-4-1-5-11-22/h2-3,6-9,12H,1,4-5,10-11H2,(H,21,23). The van der Waals surface area contributed by atoms with Crippen LogP contribution in [0.1, 0.15) is 29.6 Å². The number of carbonyl (C=O) groups is 1. The number of rotatable bonds is 3. The molecule has 0 aliphatic carbocycles. The summed E-state index contributed by atoms with van der Waals surface area (Å²) < 4.78 is 0. The third-order valence-electron chi connectivity index (χ3n) is 4.02. The lowest BCUT2D eigenvalue weighted by Gasteiger charge is -2.30. The van der Waals surface area contributed by atoms with Gasteiger partial charge in [-0.25, -0.2) is 0 Å². The summed E-state index contributed by atoms with van der Waals surface area (Å²) in [6.07, 6.45) is 3.64. The smallest absolute Gasteiger partial charge is 0.257 e. The van der Waals surface area contributed by atoms with Crippen LogP contribution in [0.2, 0.25) is 10.0 Å². The molecule has 5 heteroatoms. The first kappa shape index (κ1) is 16.2. The van der Waals surface area contributed by atoms with Gasteiger partial charge in [0, 0.05) is 18.1 Å². The number of benzene rings is 2. The summed E-state index contributed by atoms with van der Waals surface area (Å²) in [5, 5.41) is 3.84. The molecule has 1 saturated heterocycles. The average Bonchev–Trinajstić information content (AvgIpc) is 2.56. The van der Waals surface area contributed by atoms with E-state index >= 15 is 0 Å².